The minimum Gasteiger partial charge on any atom is -0.486 e. The highest BCUT2D eigenvalue weighted by Crippen LogP contribution is 2.29. The van der Waals surface area contributed by atoms with Crippen molar-refractivity contribution in [3.8, 4) is 5.75 Å². The Kier molecular flexibility index (Phi) is 3.91. The standard InChI is InChI=1S/C19H14FNO5/c20-16-9-14(21(23)24)4-5-17(16)25-10-13-8-19(22)26-18-7-12-3-1-2-11(12)6-15(13)18/h4-9H,1-3,10H2. The van der Waals surface area contributed by atoms with E-state index in [1.54, 1.807) is 0 Å². The van der Waals surface area contributed by atoms with E-state index >= 15 is 0 Å². The fourth-order valence-electron chi connectivity index (χ4n) is 3.29. The summed E-state index contributed by atoms with van der Waals surface area (Å²) >= 11 is 0. The van der Waals surface area contributed by atoms with Crippen molar-refractivity contribution in [3.63, 3.8) is 0 Å². The summed E-state index contributed by atoms with van der Waals surface area (Å²) in [6, 6.07) is 8.38. The van der Waals surface area contributed by atoms with Gasteiger partial charge in [-0.3, -0.25) is 10.1 Å². The molecule has 0 saturated carbocycles. The number of benzene rings is 2. The summed E-state index contributed by atoms with van der Waals surface area (Å²) in [6.07, 6.45) is 3.00. The molecule has 3 aromatic rings. The molecule has 1 aliphatic rings. The summed E-state index contributed by atoms with van der Waals surface area (Å²) in [5.41, 5.74) is 2.62. The lowest BCUT2D eigenvalue weighted by Gasteiger charge is -2.10. The van der Waals surface area contributed by atoms with Gasteiger partial charge in [-0.25, -0.2) is 9.18 Å². The molecule has 1 heterocycles. The summed E-state index contributed by atoms with van der Waals surface area (Å²) < 4.78 is 24.7. The van der Waals surface area contributed by atoms with Crippen molar-refractivity contribution in [1.29, 1.82) is 0 Å². The number of nitro benzene ring substituents is 1. The quantitative estimate of drug-likeness (QED) is 0.403. The maximum atomic E-state index is 14.0. The van der Waals surface area contributed by atoms with Gasteiger partial charge >= 0.3 is 5.63 Å². The molecule has 1 aromatic heterocycles. The smallest absolute Gasteiger partial charge is 0.336 e. The second-order valence-electron chi connectivity index (χ2n) is 6.22. The van der Waals surface area contributed by atoms with E-state index in [1.807, 2.05) is 12.1 Å². The number of non-ortho nitro benzene ring substituents is 1. The molecule has 0 saturated heterocycles. The van der Waals surface area contributed by atoms with Crippen LogP contribution in [-0.2, 0) is 19.4 Å². The Morgan fingerprint density at radius 3 is 2.65 bits per heavy atom. The maximum absolute atomic E-state index is 14.0. The minimum atomic E-state index is -0.827. The fourth-order valence-corrected chi connectivity index (χ4v) is 3.29. The molecule has 0 amide bonds. The van der Waals surface area contributed by atoms with Crippen LogP contribution in [0.2, 0.25) is 0 Å². The molecule has 0 aliphatic heterocycles. The van der Waals surface area contributed by atoms with Gasteiger partial charge in [0.25, 0.3) is 5.69 Å². The van der Waals surface area contributed by atoms with Gasteiger partial charge in [0.2, 0.25) is 0 Å². The zero-order valence-corrected chi connectivity index (χ0v) is 13.7. The monoisotopic (exact) mass is 355 g/mol. The SMILES string of the molecule is O=c1cc(COc2ccc([N+](=O)[O-])cc2F)c2cc3c(cc2o1)CCC3. The highest BCUT2D eigenvalue weighted by atomic mass is 19.1. The zero-order valence-electron chi connectivity index (χ0n) is 13.7. The molecule has 4 rings (SSSR count). The van der Waals surface area contributed by atoms with E-state index in [0.29, 0.717) is 11.1 Å². The zero-order chi connectivity index (χ0) is 18.3. The molecule has 0 spiro atoms. The normalized spacial score (nSPS) is 13.0. The lowest BCUT2D eigenvalue weighted by molar-refractivity contribution is -0.385. The maximum Gasteiger partial charge on any atom is 0.336 e. The lowest BCUT2D eigenvalue weighted by Crippen LogP contribution is -2.05. The largest absolute Gasteiger partial charge is 0.486 e. The first-order valence-corrected chi connectivity index (χ1v) is 8.16. The number of ether oxygens (including phenoxy) is 1. The molecule has 26 heavy (non-hydrogen) atoms. The van der Waals surface area contributed by atoms with Crippen LogP contribution in [0.5, 0.6) is 5.75 Å². The number of hydrogen-bond acceptors (Lipinski definition) is 5. The molecule has 1 aliphatic carbocycles. The number of rotatable bonds is 4. The van der Waals surface area contributed by atoms with Crippen LogP contribution in [0.1, 0.15) is 23.1 Å². The van der Waals surface area contributed by atoms with Crippen molar-refractivity contribution < 1.29 is 18.5 Å². The summed E-state index contributed by atoms with van der Waals surface area (Å²) in [7, 11) is 0. The Morgan fingerprint density at radius 2 is 1.92 bits per heavy atom. The first-order valence-electron chi connectivity index (χ1n) is 8.16. The molecule has 0 N–H and O–H groups in total. The van der Waals surface area contributed by atoms with Gasteiger partial charge in [-0.15, -0.1) is 0 Å². The van der Waals surface area contributed by atoms with Crippen LogP contribution in [0, 0.1) is 15.9 Å². The van der Waals surface area contributed by atoms with Crippen molar-refractivity contribution >= 4 is 16.7 Å². The Bertz CT molecular complexity index is 1090. The first-order chi connectivity index (χ1) is 12.5. The molecular weight excluding hydrogens is 341 g/mol. The Morgan fingerprint density at radius 1 is 1.15 bits per heavy atom. The van der Waals surface area contributed by atoms with Gasteiger partial charge in [-0.1, -0.05) is 0 Å². The molecule has 0 atom stereocenters. The third kappa shape index (κ3) is 2.92. The fraction of sp³-hybridized carbons (Fsp3) is 0.211. The summed E-state index contributed by atoms with van der Waals surface area (Å²) in [4.78, 5) is 21.8. The van der Waals surface area contributed by atoms with Gasteiger partial charge in [-0.2, -0.15) is 0 Å². The van der Waals surface area contributed by atoms with Crippen LogP contribution in [0.25, 0.3) is 11.0 Å². The van der Waals surface area contributed by atoms with Gasteiger partial charge < -0.3 is 9.15 Å². The van der Waals surface area contributed by atoms with Crippen LogP contribution in [0.3, 0.4) is 0 Å². The van der Waals surface area contributed by atoms with Crippen molar-refractivity contribution in [1.82, 2.24) is 0 Å². The van der Waals surface area contributed by atoms with E-state index in [2.05, 4.69) is 0 Å². The highest BCUT2D eigenvalue weighted by molar-refractivity contribution is 5.82. The molecule has 0 bridgehead atoms. The number of halogens is 1. The average Bonchev–Trinajstić information content (AvgIpc) is 3.05. The predicted octanol–water partition coefficient (Wildman–Crippen LogP) is 3.91. The van der Waals surface area contributed by atoms with Crippen molar-refractivity contribution in [2.45, 2.75) is 25.9 Å². The van der Waals surface area contributed by atoms with Crippen molar-refractivity contribution in [3.05, 3.63) is 79.4 Å². The van der Waals surface area contributed by atoms with Crippen LogP contribution in [-0.4, -0.2) is 4.92 Å². The second-order valence-corrected chi connectivity index (χ2v) is 6.22. The van der Waals surface area contributed by atoms with Gasteiger partial charge in [0.1, 0.15) is 12.2 Å². The molecule has 132 valence electrons. The number of aryl methyl sites for hydroxylation is 2. The Hall–Kier alpha value is -3.22. The van der Waals surface area contributed by atoms with E-state index in [9.17, 15) is 19.3 Å². The van der Waals surface area contributed by atoms with E-state index in [1.165, 1.54) is 29.3 Å². The van der Waals surface area contributed by atoms with Gasteiger partial charge in [0.15, 0.2) is 11.6 Å². The first kappa shape index (κ1) is 16.3. The predicted molar refractivity (Wildman–Crippen MR) is 91.9 cm³/mol. The van der Waals surface area contributed by atoms with Crippen LogP contribution < -0.4 is 10.4 Å². The van der Waals surface area contributed by atoms with Crippen LogP contribution in [0.4, 0.5) is 10.1 Å². The third-order valence-electron chi connectivity index (χ3n) is 4.55. The van der Waals surface area contributed by atoms with Crippen LogP contribution >= 0.6 is 0 Å². The van der Waals surface area contributed by atoms with E-state index in [0.717, 1.165) is 30.7 Å². The van der Waals surface area contributed by atoms with E-state index in [4.69, 9.17) is 9.15 Å². The summed E-state index contributed by atoms with van der Waals surface area (Å²) in [5, 5.41) is 11.4. The molecule has 0 unspecified atom stereocenters. The van der Waals surface area contributed by atoms with Gasteiger partial charge in [0.05, 0.1) is 11.0 Å². The minimum absolute atomic E-state index is 0.0460. The van der Waals surface area contributed by atoms with Gasteiger partial charge in [0, 0.05) is 23.1 Å². The van der Waals surface area contributed by atoms with Gasteiger partial charge in [-0.05, 0) is 48.6 Å². The Balaban J connectivity index is 1.67. The van der Waals surface area contributed by atoms with E-state index in [-0.39, 0.29) is 18.0 Å². The number of nitro groups is 1. The second kappa shape index (κ2) is 6.25. The summed E-state index contributed by atoms with van der Waals surface area (Å²) in [5.74, 6) is -0.939. The lowest BCUT2D eigenvalue weighted by atomic mass is 10.0. The molecule has 6 nitrogen and oxygen atoms in total. The molecule has 0 fully saturated rings. The van der Waals surface area contributed by atoms with Crippen molar-refractivity contribution in [2.75, 3.05) is 0 Å². The summed E-state index contributed by atoms with van der Waals surface area (Å²) in [6.45, 7) is -0.0460. The van der Waals surface area contributed by atoms with Crippen LogP contribution in [0.15, 0.2) is 45.6 Å². The molecular formula is C19H14FNO5. The number of nitrogens with zero attached hydrogens (tertiary/aromatic N) is 1. The molecule has 2 aromatic carbocycles. The Labute approximate surface area is 147 Å². The number of fused-ring (bicyclic) bond motifs is 2. The highest BCUT2D eigenvalue weighted by Gasteiger charge is 2.16. The third-order valence-corrected chi connectivity index (χ3v) is 4.55. The number of hydrogen-bond donors (Lipinski definition) is 0. The molecule has 7 heteroatoms. The van der Waals surface area contributed by atoms with E-state index < -0.39 is 16.4 Å². The average molecular weight is 355 g/mol. The molecule has 0 radical (unpaired) electrons. The topological polar surface area (TPSA) is 82.6 Å². The van der Waals surface area contributed by atoms with Crippen molar-refractivity contribution in [2.24, 2.45) is 0 Å².